The molecule has 1 fully saturated rings. The molecule has 1 saturated heterocycles. The predicted molar refractivity (Wildman–Crippen MR) is 86.8 cm³/mol. The summed E-state index contributed by atoms with van der Waals surface area (Å²) >= 11 is 0. The van der Waals surface area contributed by atoms with Crippen LogP contribution in [-0.4, -0.2) is 48.9 Å². The zero-order chi connectivity index (χ0) is 14.9. The first kappa shape index (κ1) is 16.3. The minimum Gasteiger partial charge on any atom is -0.382 e. The van der Waals surface area contributed by atoms with Crippen molar-refractivity contribution in [1.29, 1.82) is 0 Å². The summed E-state index contributed by atoms with van der Waals surface area (Å²) in [4.78, 5) is 6.99. The molecule has 5 nitrogen and oxygen atoms in total. The molecule has 2 heterocycles. The maximum Gasteiger partial charge on any atom is 0.205 e. The summed E-state index contributed by atoms with van der Waals surface area (Å²) in [5.41, 5.74) is 0. The SMILES string of the molecule is CCNCC1CCN(c2nccn2CCCOCC)CC1. The monoisotopic (exact) mass is 294 g/mol. The molecule has 0 amide bonds. The molecule has 0 aromatic carbocycles. The largest absolute Gasteiger partial charge is 0.382 e. The zero-order valence-corrected chi connectivity index (χ0v) is 13.6. The Kier molecular flexibility index (Phi) is 7.03. The number of aryl methyl sites for hydroxylation is 1. The normalized spacial score (nSPS) is 16.6. The van der Waals surface area contributed by atoms with Gasteiger partial charge in [-0.25, -0.2) is 4.98 Å². The molecule has 1 N–H and O–H groups in total. The summed E-state index contributed by atoms with van der Waals surface area (Å²) < 4.78 is 7.68. The van der Waals surface area contributed by atoms with Crippen LogP contribution < -0.4 is 10.2 Å². The van der Waals surface area contributed by atoms with Crippen molar-refractivity contribution < 1.29 is 4.74 Å². The van der Waals surface area contributed by atoms with Crippen LogP contribution in [0.1, 0.15) is 33.1 Å². The lowest BCUT2D eigenvalue weighted by atomic mass is 9.97. The van der Waals surface area contributed by atoms with Crippen molar-refractivity contribution in [3.8, 4) is 0 Å². The lowest BCUT2D eigenvalue weighted by Crippen LogP contribution is -2.38. The molecule has 0 bridgehead atoms. The van der Waals surface area contributed by atoms with Crippen LogP contribution in [0.5, 0.6) is 0 Å². The molecule has 1 aliphatic rings. The maximum absolute atomic E-state index is 5.41. The Labute approximate surface area is 128 Å². The van der Waals surface area contributed by atoms with Crippen LogP contribution in [0.15, 0.2) is 12.4 Å². The Morgan fingerprint density at radius 1 is 1.33 bits per heavy atom. The van der Waals surface area contributed by atoms with E-state index in [9.17, 15) is 0 Å². The third-order valence-corrected chi connectivity index (χ3v) is 4.17. The van der Waals surface area contributed by atoms with E-state index in [1.165, 1.54) is 12.8 Å². The summed E-state index contributed by atoms with van der Waals surface area (Å²) in [6.45, 7) is 11.3. The maximum atomic E-state index is 5.41. The highest BCUT2D eigenvalue weighted by atomic mass is 16.5. The number of hydrogen-bond donors (Lipinski definition) is 1. The van der Waals surface area contributed by atoms with Crippen LogP contribution in [0, 0.1) is 5.92 Å². The van der Waals surface area contributed by atoms with Gasteiger partial charge in [-0.2, -0.15) is 0 Å². The summed E-state index contributed by atoms with van der Waals surface area (Å²) in [5.74, 6) is 1.95. The van der Waals surface area contributed by atoms with Crippen molar-refractivity contribution in [1.82, 2.24) is 14.9 Å². The summed E-state index contributed by atoms with van der Waals surface area (Å²) in [7, 11) is 0. The third kappa shape index (κ3) is 5.00. The molecule has 0 unspecified atom stereocenters. The van der Waals surface area contributed by atoms with Gasteiger partial charge >= 0.3 is 0 Å². The van der Waals surface area contributed by atoms with Crippen molar-refractivity contribution in [3.05, 3.63) is 12.4 Å². The van der Waals surface area contributed by atoms with Crippen molar-refractivity contribution in [3.63, 3.8) is 0 Å². The second-order valence-corrected chi connectivity index (χ2v) is 5.71. The Morgan fingerprint density at radius 2 is 2.14 bits per heavy atom. The van der Waals surface area contributed by atoms with E-state index < -0.39 is 0 Å². The standard InChI is InChI=1S/C16H30N4O/c1-3-17-14-15-6-10-20(11-7-15)16-18-8-12-19(16)9-5-13-21-4-2/h8,12,15,17H,3-7,9-11,13-14H2,1-2H3. The number of aromatic nitrogens is 2. The van der Waals surface area contributed by atoms with Gasteiger partial charge in [-0.05, 0) is 45.2 Å². The van der Waals surface area contributed by atoms with Gasteiger partial charge in [0.25, 0.3) is 0 Å². The molecule has 0 saturated carbocycles. The quantitative estimate of drug-likeness (QED) is 0.709. The molecule has 0 atom stereocenters. The average molecular weight is 294 g/mol. The number of anilines is 1. The van der Waals surface area contributed by atoms with Gasteiger partial charge in [0.1, 0.15) is 0 Å². The molecule has 2 rings (SSSR count). The van der Waals surface area contributed by atoms with Crippen molar-refractivity contribution in [2.75, 3.05) is 44.3 Å². The van der Waals surface area contributed by atoms with E-state index in [-0.39, 0.29) is 0 Å². The van der Waals surface area contributed by atoms with Gasteiger partial charge in [0.2, 0.25) is 5.95 Å². The molecule has 0 radical (unpaired) electrons. The van der Waals surface area contributed by atoms with Crippen LogP contribution in [0.2, 0.25) is 0 Å². The molecule has 0 spiro atoms. The smallest absolute Gasteiger partial charge is 0.205 e. The number of rotatable bonds is 9. The Balaban J connectivity index is 1.79. The fourth-order valence-corrected chi connectivity index (χ4v) is 2.93. The van der Waals surface area contributed by atoms with E-state index in [0.29, 0.717) is 0 Å². The van der Waals surface area contributed by atoms with Crippen LogP contribution in [0.4, 0.5) is 5.95 Å². The topological polar surface area (TPSA) is 42.3 Å². The highest BCUT2D eigenvalue weighted by molar-refractivity contribution is 5.31. The van der Waals surface area contributed by atoms with Gasteiger partial charge in [-0.3, -0.25) is 0 Å². The first-order valence-corrected chi connectivity index (χ1v) is 8.39. The van der Waals surface area contributed by atoms with Crippen molar-refractivity contribution >= 4 is 5.95 Å². The molecule has 120 valence electrons. The van der Waals surface area contributed by atoms with E-state index in [1.807, 2.05) is 13.1 Å². The Morgan fingerprint density at radius 3 is 2.86 bits per heavy atom. The number of hydrogen-bond acceptors (Lipinski definition) is 4. The molecule has 0 aliphatic carbocycles. The zero-order valence-electron chi connectivity index (χ0n) is 13.6. The molecular formula is C16H30N4O. The number of imidazole rings is 1. The van der Waals surface area contributed by atoms with E-state index >= 15 is 0 Å². The minimum absolute atomic E-state index is 0.802. The average Bonchev–Trinajstić information content (AvgIpc) is 2.98. The number of nitrogens with zero attached hydrogens (tertiary/aromatic N) is 3. The minimum atomic E-state index is 0.802. The number of nitrogens with one attached hydrogen (secondary N) is 1. The van der Waals surface area contributed by atoms with Crippen LogP contribution >= 0.6 is 0 Å². The second kappa shape index (κ2) is 9.05. The van der Waals surface area contributed by atoms with Crippen molar-refractivity contribution in [2.45, 2.75) is 39.7 Å². The van der Waals surface area contributed by atoms with Gasteiger partial charge in [0.15, 0.2) is 0 Å². The predicted octanol–water partition coefficient (Wildman–Crippen LogP) is 2.14. The molecule has 1 aliphatic heterocycles. The summed E-state index contributed by atoms with van der Waals surface area (Å²) in [6, 6.07) is 0. The molecule has 1 aromatic rings. The van der Waals surface area contributed by atoms with Gasteiger partial charge in [0, 0.05) is 45.2 Å². The molecule has 5 heteroatoms. The van der Waals surface area contributed by atoms with E-state index in [2.05, 4.69) is 32.9 Å². The fourth-order valence-electron chi connectivity index (χ4n) is 2.93. The Bertz CT molecular complexity index is 385. The number of ether oxygens (including phenoxy) is 1. The molecule has 21 heavy (non-hydrogen) atoms. The van der Waals surface area contributed by atoms with Gasteiger partial charge in [0.05, 0.1) is 0 Å². The third-order valence-electron chi connectivity index (χ3n) is 4.17. The Hall–Kier alpha value is -1.07. The first-order valence-electron chi connectivity index (χ1n) is 8.39. The highest BCUT2D eigenvalue weighted by Crippen LogP contribution is 2.21. The lowest BCUT2D eigenvalue weighted by Gasteiger charge is -2.33. The fraction of sp³-hybridized carbons (Fsp3) is 0.812. The van der Waals surface area contributed by atoms with E-state index in [1.54, 1.807) is 0 Å². The lowest BCUT2D eigenvalue weighted by molar-refractivity contribution is 0.141. The van der Waals surface area contributed by atoms with Gasteiger partial charge < -0.3 is 19.5 Å². The first-order chi connectivity index (χ1) is 10.3. The van der Waals surface area contributed by atoms with Gasteiger partial charge in [-0.1, -0.05) is 6.92 Å². The second-order valence-electron chi connectivity index (χ2n) is 5.71. The van der Waals surface area contributed by atoms with E-state index in [0.717, 1.165) is 64.2 Å². The molecular weight excluding hydrogens is 264 g/mol. The highest BCUT2D eigenvalue weighted by Gasteiger charge is 2.21. The van der Waals surface area contributed by atoms with Crippen LogP contribution in [0.3, 0.4) is 0 Å². The van der Waals surface area contributed by atoms with Crippen molar-refractivity contribution in [2.24, 2.45) is 5.92 Å². The van der Waals surface area contributed by atoms with E-state index in [4.69, 9.17) is 4.74 Å². The molecule has 1 aromatic heterocycles. The van der Waals surface area contributed by atoms with Crippen LogP contribution in [0.25, 0.3) is 0 Å². The van der Waals surface area contributed by atoms with Crippen LogP contribution in [-0.2, 0) is 11.3 Å². The summed E-state index contributed by atoms with van der Waals surface area (Å²) in [6.07, 6.45) is 7.58. The van der Waals surface area contributed by atoms with Gasteiger partial charge in [-0.15, -0.1) is 0 Å². The number of piperidine rings is 1. The summed E-state index contributed by atoms with van der Waals surface area (Å²) in [5, 5.41) is 3.47.